The molecule has 2 aromatic rings. The number of benzene rings is 2. The minimum Gasteiger partial charge on any atom is -0.454 e. The number of non-ortho nitro benzene ring substituents is 1. The van der Waals surface area contributed by atoms with Gasteiger partial charge in [0.05, 0.1) is 4.92 Å². The summed E-state index contributed by atoms with van der Waals surface area (Å²) in [5.41, 5.74) is 2.38. The summed E-state index contributed by atoms with van der Waals surface area (Å²) in [4.78, 5) is 15.0. The molecule has 130 valence electrons. The molecule has 4 rings (SSSR count). The van der Waals surface area contributed by atoms with Gasteiger partial charge >= 0.3 is 0 Å². The van der Waals surface area contributed by atoms with E-state index in [0.717, 1.165) is 49.9 Å². The van der Waals surface area contributed by atoms with Crippen LogP contribution in [-0.2, 0) is 6.54 Å². The zero-order valence-corrected chi connectivity index (χ0v) is 13.8. The van der Waals surface area contributed by atoms with Gasteiger partial charge in [-0.1, -0.05) is 6.07 Å². The van der Waals surface area contributed by atoms with E-state index in [-0.39, 0.29) is 10.6 Å². The number of nitro benzene ring substituents is 1. The van der Waals surface area contributed by atoms with E-state index in [2.05, 4.69) is 15.9 Å². The molecule has 1 saturated heterocycles. The third kappa shape index (κ3) is 3.36. The summed E-state index contributed by atoms with van der Waals surface area (Å²) in [6.07, 6.45) is 0. The summed E-state index contributed by atoms with van der Waals surface area (Å²) < 4.78 is 10.8. The molecule has 0 N–H and O–H groups in total. The van der Waals surface area contributed by atoms with Gasteiger partial charge in [-0.05, 0) is 29.8 Å². The van der Waals surface area contributed by atoms with Crippen molar-refractivity contribution in [3.05, 3.63) is 58.1 Å². The third-order valence-electron chi connectivity index (χ3n) is 4.64. The van der Waals surface area contributed by atoms with Crippen LogP contribution in [0.2, 0.25) is 0 Å². The van der Waals surface area contributed by atoms with Crippen molar-refractivity contribution in [1.82, 2.24) is 4.90 Å². The fraction of sp³-hybridized carbons (Fsp3) is 0.333. The zero-order chi connectivity index (χ0) is 17.2. The van der Waals surface area contributed by atoms with Gasteiger partial charge in [0.15, 0.2) is 11.5 Å². The lowest BCUT2D eigenvalue weighted by Gasteiger charge is -2.36. The van der Waals surface area contributed by atoms with Gasteiger partial charge in [0.25, 0.3) is 5.69 Å². The number of hydrogen-bond donors (Lipinski definition) is 0. The van der Waals surface area contributed by atoms with E-state index in [1.165, 1.54) is 5.56 Å². The summed E-state index contributed by atoms with van der Waals surface area (Å²) in [5, 5.41) is 10.7. The van der Waals surface area contributed by atoms with E-state index in [0.29, 0.717) is 6.79 Å². The Bertz CT molecular complexity index is 770. The SMILES string of the molecule is O=[N+]([O-])c1ccc(N2CCN(Cc3ccc4c(c3)OCO4)CC2)cc1. The van der Waals surface area contributed by atoms with Crippen LogP contribution in [0.25, 0.3) is 0 Å². The van der Waals surface area contributed by atoms with Crippen molar-refractivity contribution in [2.45, 2.75) is 6.54 Å². The molecule has 0 saturated carbocycles. The molecule has 0 atom stereocenters. The third-order valence-corrected chi connectivity index (χ3v) is 4.64. The second-order valence-electron chi connectivity index (χ2n) is 6.22. The summed E-state index contributed by atoms with van der Waals surface area (Å²) in [5.74, 6) is 1.63. The molecule has 7 heteroatoms. The predicted octanol–water partition coefficient (Wildman–Crippen LogP) is 2.65. The number of hydrogen-bond acceptors (Lipinski definition) is 6. The smallest absolute Gasteiger partial charge is 0.269 e. The van der Waals surface area contributed by atoms with Crippen LogP contribution >= 0.6 is 0 Å². The van der Waals surface area contributed by atoms with E-state index < -0.39 is 0 Å². The molecular formula is C18H19N3O4. The van der Waals surface area contributed by atoms with Crippen LogP contribution in [-0.4, -0.2) is 42.8 Å². The van der Waals surface area contributed by atoms with Gasteiger partial charge in [-0.2, -0.15) is 0 Å². The molecule has 0 amide bonds. The highest BCUT2D eigenvalue weighted by atomic mass is 16.7. The lowest BCUT2D eigenvalue weighted by molar-refractivity contribution is -0.384. The van der Waals surface area contributed by atoms with Crippen LogP contribution in [0.5, 0.6) is 11.5 Å². The van der Waals surface area contributed by atoms with Crippen LogP contribution in [0.4, 0.5) is 11.4 Å². The summed E-state index contributed by atoms with van der Waals surface area (Å²) >= 11 is 0. The quantitative estimate of drug-likeness (QED) is 0.629. The van der Waals surface area contributed by atoms with Gasteiger partial charge in [0.1, 0.15) is 0 Å². The van der Waals surface area contributed by atoms with Crippen LogP contribution in [0.1, 0.15) is 5.56 Å². The maximum Gasteiger partial charge on any atom is 0.269 e. The molecule has 0 unspecified atom stereocenters. The highest BCUT2D eigenvalue weighted by molar-refractivity contribution is 5.51. The van der Waals surface area contributed by atoms with Crippen molar-refractivity contribution in [2.24, 2.45) is 0 Å². The fourth-order valence-corrected chi connectivity index (χ4v) is 3.25. The van der Waals surface area contributed by atoms with Crippen molar-refractivity contribution in [2.75, 3.05) is 37.9 Å². The monoisotopic (exact) mass is 341 g/mol. The first-order chi connectivity index (χ1) is 12.2. The first-order valence-electron chi connectivity index (χ1n) is 8.29. The normalized spacial score (nSPS) is 16.9. The Hall–Kier alpha value is -2.80. The Morgan fingerprint density at radius 1 is 0.960 bits per heavy atom. The molecule has 25 heavy (non-hydrogen) atoms. The summed E-state index contributed by atoms with van der Waals surface area (Å²) in [7, 11) is 0. The maximum absolute atomic E-state index is 10.7. The molecule has 2 heterocycles. The fourth-order valence-electron chi connectivity index (χ4n) is 3.25. The number of fused-ring (bicyclic) bond motifs is 1. The van der Waals surface area contributed by atoms with Crippen LogP contribution in [0, 0.1) is 10.1 Å². The van der Waals surface area contributed by atoms with Crippen molar-refractivity contribution < 1.29 is 14.4 Å². The Kier molecular flexibility index (Phi) is 4.15. The van der Waals surface area contributed by atoms with Gasteiger partial charge in [0.2, 0.25) is 6.79 Å². The maximum atomic E-state index is 10.7. The molecule has 0 aliphatic carbocycles. The van der Waals surface area contributed by atoms with Crippen molar-refractivity contribution in [3.8, 4) is 11.5 Å². The molecule has 2 aromatic carbocycles. The van der Waals surface area contributed by atoms with Crippen LogP contribution < -0.4 is 14.4 Å². The molecule has 0 bridgehead atoms. The number of anilines is 1. The molecule has 2 aliphatic heterocycles. The number of rotatable bonds is 4. The number of nitrogens with zero attached hydrogens (tertiary/aromatic N) is 3. The lowest BCUT2D eigenvalue weighted by Crippen LogP contribution is -2.45. The minimum atomic E-state index is -0.368. The van der Waals surface area contributed by atoms with Gasteiger partial charge in [-0.3, -0.25) is 15.0 Å². The molecule has 0 radical (unpaired) electrons. The molecule has 2 aliphatic rings. The first-order valence-corrected chi connectivity index (χ1v) is 8.29. The molecule has 0 aromatic heterocycles. The largest absolute Gasteiger partial charge is 0.454 e. The number of piperazine rings is 1. The Morgan fingerprint density at radius 2 is 1.68 bits per heavy atom. The highest BCUT2D eigenvalue weighted by Crippen LogP contribution is 2.33. The van der Waals surface area contributed by atoms with Crippen molar-refractivity contribution >= 4 is 11.4 Å². The minimum absolute atomic E-state index is 0.130. The van der Waals surface area contributed by atoms with E-state index in [9.17, 15) is 10.1 Å². The van der Waals surface area contributed by atoms with Crippen molar-refractivity contribution in [1.29, 1.82) is 0 Å². The second-order valence-corrected chi connectivity index (χ2v) is 6.22. The number of ether oxygens (including phenoxy) is 2. The predicted molar refractivity (Wildman–Crippen MR) is 93.2 cm³/mol. The molecule has 0 spiro atoms. The molecule has 1 fully saturated rings. The average molecular weight is 341 g/mol. The number of nitro groups is 1. The summed E-state index contributed by atoms with van der Waals surface area (Å²) in [6.45, 7) is 4.89. The van der Waals surface area contributed by atoms with E-state index >= 15 is 0 Å². The molecular weight excluding hydrogens is 322 g/mol. The standard InChI is InChI=1S/C18H19N3O4/c22-21(23)16-4-2-15(3-5-16)20-9-7-19(8-10-20)12-14-1-6-17-18(11-14)25-13-24-17/h1-6,11H,7-10,12-13H2. The van der Waals surface area contributed by atoms with Gasteiger partial charge in [0, 0.05) is 50.5 Å². The van der Waals surface area contributed by atoms with Crippen LogP contribution in [0.15, 0.2) is 42.5 Å². The van der Waals surface area contributed by atoms with Gasteiger partial charge < -0.3 is 14.4 Å². The Balaban J connectivity index is 1.34. The second kappa shape index (κ2) is 6.60. The van der Waals surface area contributed by atoms with Gasteiger partial charge in [-0.15, -0.1) is 0 Å². The average Bonchev–Trinajstić information content (AvgIpc) is 3.10. The van der Waals surface area contributed by atoms with E-state index in [4.69, 9.17) is 9.47 Å². The Labute approximate surface area is 145 Å². The van der Waals surface area contributed by atoms with Crippen molar-refractivity contribution in [3.63, 3.8) is 0 Å². The van der Waals surface area contributed by atoms with Crippen LogP contribution in [0.3, 0.4) is 0 Å². The van der Waals surface area contributed by atoms with Gasteiger partial charge in [-0.25, -0.2) is 0 Å². The highest BCUT2D eigenvalue weighted by Gasteiger charge is 2.19. The Morgan fingerprint density at radius 3 is 2.40 bits per heavy atom. The zero-order valence-electron chi connectivity index (χ0n) is 13.8. The van der Waals surface area contributed by atoms with E-state index in [1.807, 2.05) is 24.3 Å². The first kappa shape index (κ1) is 15.7. The molecule has 7 nitrogen and oxygen atoms in total. The lowest BCUT2D eigenvalue weighted by atomic mass is 10.1. The summed E-state index contributed by atoms with van der Waals surface area (Å²) in [6, 6.07) is 12.9. The van der Waals surface area contributed by atoms with E-state index in [1.54, 1.807) is 12.1 Å². The topological polar surface area (TPSA) is 68.1 Å².